The van der Waals surface area contributed by atoms with Gasteiger partial charge >= 0.3 is 11.9 Å². The molecule has 0 unspecified atom stereocenters. The minimum Gasteiger partial charge on any atom is -0.493 e. The van der Waals surface area contributed by atoms with Crippen molar-refractivity contribution < 1.29 is 38.4 Å². The third kappa shape index (κ3) is 7.91. The van der Waals surface area contributed by atoms with Crippen molar-refractivity contribution in [3.8, 4) is 17.2 Å². The lowest BCUT2D eigenvalue weighted by Crippen LogP contribution is -2.38. The van der Waals surface area contributed by atoms with E-state index in [1.807, 2.05) is 30.3 Å². The molecule has 2 atom stereocenters. The Kier molecular flexibility index (Phi) is 9.51. The van der Waals surface area contributed by atoms with Gasteiger partial charge in [-0.3, -0.25) is 9.59 Å². The quantitative estimate of drug-likeness (QED) is 0.466. The molecule has 9 heteroatoms. The average Bonchev–Trinajstić information content (AvgIpc) is 3.29. The summed E-state index contributed by atoms with van der Waals surface area (Å²) in [6.07, 6.45) is 2.05. The van der Waals surface area contributed by atoms with Gasteiger partial charge in [0.1, 0.15) is 11.6 Å². The van der Waals surface area contributed by atoms with Crippen LogP contribution in [-0.2, 0) is 9.59 Å². The van der Waals surface area contributed by atoms with Crippen molar-refractivity contribution in [1.29, 1.82) is 0 Å². The smallest absolute Gasteiger partial charge is 0.303 e. The van der Waals surface area contributed by atoms with Crippen molar-refractivity contribution in [1.82, 2.24) is 5.32 Å². The summed E-state index contributed by atoms with van der Waals surface area (Å²) in [7, 11) is 0. The van der Waals surface area contributed by atoms with Crippen molar-refractivity contribution in [3.05, 3.63) is 53.8 Å². The molecule has 2 aromatic rings. The number of ether oxygens (including phenoxy) is 3. The summed E-state index contributed by atoms with van der Waals surface area (Å²) in [6, 6.07) is 12.5. The van der Waals surface area contributed by atoms with Crippen LogP contribution in [0, 0.1) is 11.7 Å². The van der Waals surface area contributed by atoms with Gasteiger partial charge in [0.2, 0.25) is 6.79 Å². The number of fused-ring (bicyclic) bond motifs is 1. The summed E-state index contributed by atoms with van der Waals surface area (Å²) in [4.78, 5) is 19.8. The first kappa shape index (κ1) is 25.3. The van der Waals surface area contributed by atoms with Gasteiger partial charge in [0.05, 0.1) is 6.61 Å². The predicted molar refractivity (Wildman–Crippen MR) is 122 cm³/mol. The van der Waals surface area contributed by atoms with E-state index in [1.54, 1.807) is 0 Å². The third-order valence-corrected chi connectivity index (χ3v) is 5.75. The van der Waals surface area contributed by atoms with E-state index < -0.39 is 11.9 Å². The Bertz CT molecular complexity index is 935. The standard InChI is InChI=1S/C19H20FNO3.C6H10O4/c20-15-3-1-13(2-4-15)17-7-8-21-10-14(17)11-22-16-5-6-18-19(9-16)24-12-23-18;7-5(8)3-1-2-4-6(9)10/h1-6,9,14,17,21H,7-8,10-12H2;1-4H2,(H,7,8)(H,9,10)/t14-,17-;/m0./s1. The van der Waals surface area contributed by atoms with Gasteiger partial charge in [-0.15, -0.1) is 0 Å². The zero-order valence-corrected chi connectivity index (χ0v) is 18.9. The Labute approximate surface area is 197 Å². The topological polar surface area (TPSA) is 114 Å². The van der Waals surface area contributed by atoms with E-state index in [2.05, 4.69) is 5.32 Å². The van der Waals surface area contributed by atoms with Crippen LogP contribution in [-0.4, -0.2) is 48.6 Å². The summed E-state index contributed by atoms with van der Waals surface area (Å²) in [5.41, 5.74) is 1.18. The van der Waals surface area contributed by atoms with Crippen LogP contribution in [0.4, 0.5) is 4.39 Å². The summed E-state index contributed by atoms with van der Waals surface area (Å²) < 4.78 is 29.9. The zero-order valence-electron chi connectivity index (χ0n) is 18.9. The molecule has 1 fully saturated rings. The fourth-order valence-corrected chi connectivity index (χ4v) is 3.97. The molecule has 0 aromatic heterocycles. The van der Waals surface area contributed by atoms with E-state index in [-0.39, 0.29) is 25.5 Å². The molecule has 0 bridgehead atoms. The molecule has 2 aliphatic heterocycles. The Morgan fingerprint density at radius 2 is 1.68 bits per heavy atom. The number of carboxylic acids is 2. The first-order chi connectivity index (χ1) is 16.4. The van der Waals surface area contributed by atoms with Crippen LogP contribution in [0.2, 0.25) is 0 Å². The van der Waals surface area contributed by atoms with Crippen LogP contribution in [0.25, 0.3) is 0 Å². The number of halogens is 1. The van der Waals surface area contributed by atoms with Crippen LogP contribution in [0.1, 0.15) is 43.6 Å². The third-order valence-electron chi connectivity index (χ3n) is 5.75. The second kappa shape index (κ2) is 12.8. The van der Waals surface area contributed by atoms with Crippen molar-refractivity contribution in [2.75, 3.05) is 26.5 Å². The second-order valence-electron chi connectivity index (χ2n) is 8.23. The number of aliphatic carboxylic acids is 2. The Morgan fingerprint density at radius 3 is 2.35 bits per heavy atom. The number of benzene rings is 2. The number of hydrogen-bond acceptors (Lipinski definition) is 6. The molecule has 4 rings (SSSR count). The monoisotopic (exact) mass is 475 g/mol. The largest absolute Gasteiger partial charge is 0.493 e. The molecule has 2 aliphatic rings. The summed E-state index contributed by atoms with van der Waals surface area (Å²) in [5.74, 6) is 1.05. The maximum Gasteiger partial charge on any atom is 0.303 e. The van der Waals surface area contributed by atoms with Crippen molar-refractivity contribution in [2.24, 2.45) is 5.92 Å². The highest BCUT2D eigenvalue weighted by molar-refractivity contribution is 5.67. The highest BCUT2D eigenvalue weighted by Crippen LogP contribution is 2.36. The molecule has 0 aliphatic carbocycles. The number of carboxylic acid groups (broad SMARTS) is 2. The molecule has 3 N–H and O–H groups in total. The number of rotatable bonds is 9. The molecule has 2 heterocycles. The van der Waals surface area contributed by atoms with Gasteiger partial charge in [-0.2, -0.15) is 0 Å². The van der Waals surface area contributed by atoms with Crippen molar-refractivity contribution >= 4 is 11.9 Å². The molecule has 2 aromatic carbocycles. The minimum atomic E-state index is -0.870. The lowest BCUT2D eigenvalue weighted by molar-refractivity contribution is -0.139. The van der Waals surface area contributed by atoms with Crippen LogP contribution < -0.4 is 19.5 Å². The van der Waals surface area contributed by atoms with Crippen LogP contribution in [0.3, 0.4) is 0 Å². The van der Waals surface area contributed by atoms with E-state index in [0.717, 1.165) is 36.8 Å². The van der Waals surface area contributed by atoms with Crippen LogP contribution >= 0.6 is 0 Å². The number of hydrogen-bond donors (Lipinski definition) is 3. The first-order valence-electron chi connectivity index (χ1n) is 11.3. The fraction of sp³-hybridized carbons (Fsp3) is 0.440. The summed E-state index contributed by atoms with van der Waals surface area (Å²) in [6.45, 7) is 2.74. The summed E-state index contributed by atoms with van der Waals surface area (Å²) in [5, 5.41) is 19.7. The SMILES string of the molecule is Fc1ccc([C@@H]2CCNC[C@H]2COc2ccc3c(c2)OCO3)cc1.O=C(O)CCCCC(=O)O. The molecule has 0 radical (unpaired) electrons. The van der Waals surface area contributed by atoms with Gasteiger partial charge in [-0.25, -0.2) is 4.39 Å². The number of carbonyl (C=O) groups is 2. The van der Waals surface area contributed by atoms with Gasteiger partial charge in [-0.1, -0.05) is 12.1 Å². The van der Waals surface area contributed by atoms with Gasteiger partial charge in [0.15, 0.2) is 11.5 Å². The normalized spacial score (nSPS) is 18.5. The fourth-order valence-electron chi connectivity index (χ4n) is 3.97. The number of unbranched alkanes of at least 4 members (excludes halogenated alkanes) is 1. The van der Waals surface area contributed by atoms with E-state index >= 15 is 0 Å². The predicted octanol–water partition coefficient (Wildman–Crippen LogP) is 4.04. The van der Waals surface area contributed by atoms with Crippen LogP contribution in [0.15, 0.2) is 42.5 Å². The zero-order chi connectivity index (χ0) is 24.3. The van der Waals surface area contributed by atoms with Gasteiger partial charge in [-0.05, 0) is 61.6 Å². The maximum absolute atomic E-state index is 13.2. The van der Waals surface area contributed by atoms with Crippen molar-refractivity contribution in [3.63, 3.8) is 0 Å². The van der Waals surface area contributed by atoms with Gasteiger partial charge in [0, 0.05) is 31.4 Å². The molecule has 1 saturated heterocycles. The Balaban J connectivity index is 0.000000277. The molecular formula is C25H30FNO7. The number of piperidine rings is 1. The van der Waals surface area contributed by atoms with E-state index in [0.29, 0.717) is 31.3 Å². The average molecular weight is 476 g/mol. The molecular weight excluding hydrogens is 445 g/mol. The maximum atomic E-state index is 13.2. The molecule has 34 heavy (non-hydrogen) atoms. The summed E-state index contributed by atoms with van der Waals surface area (Å²) >= 11 is 0. The molecule has 0 spiro atoms. The lowest BCUT2D eigenvalue weighted by atomic mass is 9.81. The minimum absolute atomic E-state index is 0.0628. The van der Waals surface area contributed by atoms with E-state index in [1.165, 1.54) is 17.7 Å². The molecule has 0 amide bonds. The Morgan fingerprint density at radius 1 is 1.00 bits per heavy atom. The lowest BCUT2D eigenvalue weighted by Gasteiger charge is -2.32. The van der Waals surface area contributed by atoms with Crippen molar-refractivity contribution in [2.45, 2.75) is 38.0 Å². The van der Waals surface area contributed by atoms with E-state index in [4.69, 9.17) is 24.4 Å². The first-order valence-corrected chi connectivity index (χ1v) is 11.3. The molecule has 184 valence electrons. The van der Waals surface area contributed by atoms with Gasteiger partial charge in [0.25, 0.3) is 0 Å². The molecule has 8 nitrogen and oxygen atoms in total. The number of nitrogens with one attached hydrogen (secondary N) is 1. The van der Waals surface area contributed by atoms with Crippen LogP contribution in [0.5, 0.6) is 17.2 Å². The highest BCUT2D eigenvalue weighted by atomic mass is 19.1. The highest BCUT2D eigenvalue weighted by Gasteiger charge is 2.27. The Hall–Kier alpha value is -3.33. The second-order valence-corrected chi connectivity index (χ2v) is 8.23. The van der Waals surface area contributed by atoms with Gasteiger partial charge < -0.3 is 29.7 Å². The van der Waals surface area contributed by atoms with E-state index in [9.17, 15) is 14.0 Å². The molecule has 0 saturated carbocycles.